The average molecular weight is 289 g/mol. The van der Waals surface area contributed by atoms with Gasteiger partial charge in [0.15, 0.2) is 0 Å². The Balaban J connectivity index is 3.41. The van der Waals surface area contributed by atoms with Gasteiger partial charge in [0.2, 0.25) is 0 Å². The van der Waals surface area contributed by atoms with E-state index in [2.05, 4.69) is 12.6 Å². The second kappa shape index (κ2) is 3.92. The number of aldehydes is 1. The number of rotatable bonds is 1. The third-order valence-electron chi connectivity index (χ3n) is 1.34. The molecule has 0 aliphatic carbocycles. The highest BCUT2D eigenvalue weighted by Gasteiger charge is 2.04. The Morgan fingerprint density at radius 1 is 1.58 bits per heavy atom. The van der Waals surface area contributed by atoms with Gasteiger partial charge < -0.3 is 0 Å². The van der Waals surface area contributed by atoms with Crippen molar-refractivity contribution >= 4 is 41.5 Å². The average Bonchev–Trinajstić information content (AvgIpc) is 2.09. The molecule has 1 aromatic rings. The number of hydrogen-bond acceptors (Lipinski definition) is 3. The Kier molecular flexibility index (Phi) is 3.12. The Labute approximate surface area is 89.1 Å². The van der Waals surface area contributed by atoms with Gasteiger partial charge in [0.1, 0.15) is 12.4 Å². The summed E-state index contributed by atoms with van der Waals surface area (Å²) >= 11 is 6.17. The zero-order valence-electron chi connectivity index (χ0n) is 5.91. The number of nitrogens with zero attached hydrogens (tertiary/aromatic N) is 1. The first-order valence-electron chi connectivity index (χ1n) is 3.07. The Morgan fingerprint density at radius 3 is 2.75 bits per heavy atom. The number of nitriles is 1. The molecule has 0 radical (unpaired) electrons. The van der Waals surface area contributed by atoms with Crippen molar-refractivity contribution in [1.29, 1.82) is 5.26 Å². The maximum absolute atomic E-state index is 10.4. The predicted octanol–water partition coefficient (Wildman–Crippen LogP) is 2.26. The minimum atomic E-state index is 0.437. The van der Waals surface area contributed by atoms with Crippen LogP contribution >= 0.6 is 35.2 Å². The van der Waals surface area contributed by atoms with Gasteiger partial charge in [-0.1, -0.05) is 0 Å². The van der Waals surface area contributed by atoms with Crippen molar-refractivity contribution in [2.75, 3.05) is 0 Å². The van der Waals surface area contributed by atoms with E-state index >= 15 is 0 Å². The summed E-state index contributed by atoms with van der Waals surface area (Å²) in [6.45, 7) is 0. The Bertz CT molecular complexity index is 370. The molecule has 0 amide bonds. The van der Waals surface area contributed by atoms with Crippen LogP contribution in [0.15, 0.2) is 17.0 Å². The fourth-order valence-corrected chi connectivity index (χ4v) is 1.60. The Hall–Kier alpha value is -0.540. The Morgan fingerprint density at radius 2 is 2.25 bits per heavy atom. The first kappa shape index (κ1) is 9.55. The van der Waals surface area contributed by atoms with Gasteiger partial charge in [-0.2, -0.15) is 5.26 Å². The van der Waals surface area contributed by atoms with Crippen molar-refractivity contribution in [3.63, 3.8) is 0 Å². The van der Waals surface area contributed by atoms with Crippen molar-refractivity contribution < 1.29 is 4.79 Å². The molecule has 60 valence electrons. The van der Waals surface area contributed by atoms with Crippen LogP contribution in [0, 0.1) is 14.9 Å². The van der Waals surface area contributed by atoms with Gasteiger partial charge in [0.25, 0.3) is 0 Å². The van der Waals surface area contributed by atoms with Gasteiger partial charge >= 0.3 is 0 Å². The molecule has 0 saturated carbocycles. The molecule has 0 bridgehead atoms. The summed E-state index contributed by atoms with van der Waals surface area (Å²) in [5, 5.41) is 8.64. The number of carbonyl (C=O) groups is 1. The summed E-state index contributed by atoms with van der Waals surface area (Å²) in [4.78, 5) is 11.0. The van der Waals surface area contributed by atoms with E-state index in [1.165, 1.54) is 6.07 Å². The molecule has 0 aliphatic rings. The van der Waals surface area contributed by atoms with Gasteiger partial charge in [-0.05, 0) is 34.7 Å². The van der Waals surface area contributed by atoms with E-state index in [4.69, 9.17) is 5.26 Å². The van der Waals surface area contributed by atoms with Gasteiger partial charge in [0, 0.05) is 14.0 Å². The van der Waals surface area contributed by atoms with Gasteiger partial charge in [-0.3, -0.25) is 4.79 Å². The normalized spacial score (nSPS) is 9.08. The van der Waals surface area contributed by atoms with Gasteiger partial charge in [-0.15, -0.1) is 12.6 Å². The predicted molar refractivity (Wildman–Crippen MR) is 56.5 cm³/mol. The largest absolute Gasteiger partial charge is 0.298 e. The second-order valence-corrected chi connectivity index (χ2v) is 3.74. The molecule has 0 saturated heterocycles. The highest BCUT2D eigenvalue weighted by atomic mass is 127. The van der Waals surface area contributed by atoms with E-state index in [9.17, 15) is 4.79 Å². The van der Waals surface area contributed by atoms with E-state index in [0.717, 1.165) is 9.86 Å². The maximum Gasteiger partial charge on any atom is 0.150 e. The van der Waals surface area contributed by atoms with E-state index in [1.54, 1.807) is 6.07 Å². The highest BCUT2D eigenvalue weighted by molar-refractivity contribution is 14.1. The second-order valence-electron chi connectivity index (χ2n) is 2.13. The third-order valence-corrected chi connectivity index (χ3v) is 3.10. The summed E-state index contributed by atoms with van der Waals surface area (Å²) in [5.74, 6) is 0. The van der Waals surface area contributed by atoms with E-state index in [0.29, 0.717) is 16.0 Å². The summed E-state index contributed by atoms with van der Waals surface area (Å²) < 4.78 is 0.817. The number of carbonyl (C=O) groups excluding carboxylic acids is 1. The summed E-state index contributed by atoms with van der Waals surface area (Å²) in [7, 11) is 0. The zero-order valence-corrected chi connectivity index (χ0v) is 8.96. The van der Waals surface area contributed by atoms with Crippen molar-refractivity contribution in [3.05, 3.63) is 26.8 Å². The molecular formula is C8H4INOS. The van der Waals surface area contributed by atoms with Crippen LogP contribution in [-0.4, -0.2) is 6.29 Å². The monoisotopic (exact) mass is 289 g/mol. The smallest absolute Gasteiger partial charge is 0.150 e. The fraction of sp³-hybridized carbons (Fsp3) is 0. The molecule has 0 atom stereocenters. The molecular weight excluding hydrogens is 285 g/mol. The van der Waals surface area contributed by atoms with E-state index in [-0.39, 0.29) is 0 Å². The van der Waals surface area contributed by atoms with Gasteiger partial charge in [-0.25, -0.2) is 0 Å². The lowest BCUT2D eigenvalue weighted by Gasteiger charge is -1.99. The van der Waals surface area contributed by atoms with Crippen LogP contribution in [0.25, 0.3) is 0 Å². The molecule has 0 fully saturated rings. The minimum Gasteiger partial charge on any atom is -0.298 e. The van der Waals surface area contributed by atoms with Crippen molar-refractivity contribution in [1.82, 2.24) is 0 Å². The molecule has 0 spiro atoms. The number of benzene rings is 1. The maximum atomic E-state index is 10.4. The van der Waals surface area contributed by atoms with Crippen LogP contribution in [0.3, 0.4) is 0 Å². The topological polar surface area (TPSA) is 40.9 Å². The molecule has 2 nitrogen and oxygen atoms in total. The lowest BCUT2D eigenvalue weighted by molar-refractivity contribution is 0.112. The molecule has 0 aromatic heterocycles. The highest BCUT2D eigenvalue weighted by Crippen LogP contribution is 2.21. The molecule has 4 heteroatoms. The summed E-state index contributed by atoms with van der Waals surface area (Å²) in [5.41, 5.74) is 0.945. The number of thiol groups is 1. The number of halogens is 1. The SMILES string of the molecule is N#Cc1cc(C=O)cc(I)c1S. The molecule has 12 heavy (non-hydrogen) atoms. The van der Waals surface area contributed by atoms with Crippen LogP contribution in [0.5, 0.6) is 0 Å². The fourth-order valence-electron chi connectivity index (χ4n) is 0.773. The lowest BCUT2D eigenvalue weighted by Crippen LogP contribution is -1.88. The minimum absolute atomic E-state index is 0.437. The molecule has 1 aromatic carbocycles. The molecule has 0 heterocycles. The summed E-state index contributed by atoms with van der Waals surface area (Å²) in [6.07, 6.45) is 0.718. The third kappa shape index (κ3) is 1.79. The molecule has 0 aliphatic heterocycles. The lowest BCUT2D eigenvalue weighted by atomic mass is 10.1. The summed E-state index contributed by atoms with van der Waals surface area (Å²) in [6, 6.07) is 5.19. The molecule has 0 N–H and O–H groups in total. The van der Waals surface area contributed by atoms with Crippen molar-refractivity contribution in [2.45, 2.75) is 4.90 Å². The quantitative estimate of drug-likeness (QED) is 0.489. The van der Waals surface area contributed by atoms with E-state index < -0.39 is 0 Å². The van der Waals surface area contributed by atoms with Crippen LogP contribution in [-0.2, 0) is 0 Å². The standard InChI is InChI=1S/C8H4INOS/c9-7-2-5(4-11)1-6(3-10)8(7)12/h1-2,4,12H. The number of hydrogen-bond donors (Lipinski definition) is 1. The van der Waals surface area contributed by atoms with Crippen molar-refractivity contribution in [3.8, 4) is 6.07 Å². The van der Waals surface area contributed by atoms with Crippen LogP contribution in [0.4, 0.5) is 0 Å². The molecule has 1 rings (SSSR count). The van der Waals surface area contributed by atoms with E-state index in [1.807, 2.05) is 28.7 Å². The first-order valence-corrected chi connectivity index (χ1v) is 4.59. The van der Waals surface area contributed by atoms with Crippen LogP contribution in [0.2, 0.25) is 0 Å². The van der Waals surface area contributed by atoms with Crippen LogP contribution < -0.4 is 0 Å². The molecule has 0 unspecified atom stereocenters. The van der Waals surface area contributed by atoms with Crippen LogP contribution in [0.1, 0.15) is 15.9 Å². The van der Waals surface area contributed by atoms with Crippen molar-refractivity contribution in [2.24, 2.45) is 0 Å². The van der Waals surface area contributed by atoms with Gasteiger partial charge in [0.05, 0.1) is 5.56 Å². The first-order chi connectivity index (χ1) is 5.69. The zero-order chi connectivity index (χ0) is 9.14.